The number of hydrogen-bond donors (Lipinski definition) is 1. The second kappa shape index (κ2) is 6.18. The minimum atomic E-state index is -0.762. The first-order valence-electron chi connectivity index (χ1n) is 6.80. The zero-order chi connectivity index (χ0) is 12.9. The summed E-state index contributed by atoms with van der Waals surface area (Å²) in [6, 6.07) is 0. The summed E-state index contributed by atoms with van der Waals surface area (Å²) in [6.07, 6.45) is 6.52. The Balaban J connectivity index is 2.72. The Bertz CT molecular complexity index is 285. The highest BCUT2D eigenvalue weighted by molar-refractivity contribution is 5.85. The Kier molecular flexibility index (Phi) is 5.16. The SMILES string of the molecule is CCCCCC1C(=O)CCC1(CC)CC(=O)O. The zero-order valence-corrected chi connectivity index (χ0v) is 11.0. The number of carbonyl (C=O) groups excluding carboxylic acids is 1. The van der Waals surface area contributed by atoms with E-state index in [9.17, 15) is 9.59 Å². The van der Waals surface area contributed by atoms with E-state index in [2.05, 4.69) is 6.92 Å². The van der Waals surface area contributed by atoms with E-state index in [1.54, 1.807) is 0 Å². The highest BCUT2D eigenvalue weighted by atomic mass is 16.4. The predicted octanol–water partition coefficient (Wildman–Crippen LogP) is 3.42. The lowest BCUT2D eigenvalue weighted by atomic mass is 9.71. The van der Waals surface area contributed by atoms with Gasteiger partial charge in [0.15, 0.2) is 0 Å². The first-order chi connectivity index (χ1) is 8.05. The van der Waals surface area contributed by atoms with Crippen molar-refractivity contribution in [3.63, 3.8) is 0 Å². The van der Waals surface area contributed by atoms with E-state index in [0.717, 1.165) is 38.5 Å². The third-order valence-electron chi connectivity index (χ3n) is 4.30. The molecule has 2 unspecified atom stereocenters. The summed E-state index contributed by atoms with van der Waals surface area (Å²) in [5, 5.41) is 9.03. The summed E-state index contributed by atoms with van der Waals surface area (Å²) in [4.78, 5) is 22.9. The van der Waals surface area contributed by atoms with E-state index in [0.29, 0.717) is 12.2 Å². The number of Topliss-reactive ketones (excluding diaryl/α,β-unsaturated/α-hetero) is 1. The minimum absolute atomic E-state index is 0.00449. The summed E-state index contributed by atoms with van der Waals surface area (Å²) in [6.45, 7) is 4.16. The fourth-order valence-corrected chi connectivity index (χ4v) is 3.19. The van der Waals surface area contributed by atoms with Crippen molar-refractivity contribution < 1.29 is 14.7 Å². The molecule has 98 valence electrons. The summed E-state index contributed by atoms with van der Waals surface area (Å²) in [5.74, 6) is -0.471. The molecule has 0 saturated heterocycles. The number of carboxylic acid groups (broad SMARTS) is 1. The molecule has 0 heterocycles. The van der Waals surface area contributed by atoms with Crippen molar-refractivity contribution in [2.24, 2.45) is 11.3 Å². The molecular formula is C14H24O3. The number of rotatable bonds is 7. The van der Waals surface area contributed by atoms with Gasteiger partial charge in [-0.3, -0.25) is 9.59 Å². The molecule has 0 aromatic rings. The molecule has 2 atom stereocenters. The summed E-state index contributed by atoms with van der Waals surface area (Å²) in [5.41, 5.74) is -0.253. The van der Waals surface area contributed by atoms with E-state index in [1.165, 1.54) is 0 Å². The van der Waals surface area contributed by atoms with Gasteiger partial charge in [0.25, 0.3) is 0 Å². The van der Waals surface area contributed by atoms with Gasteiger partial charge in [-0.2, -0.15) is 0 Å². The standard InChI is InChI=1S/C14H24O3/c1-3-5-6-7-11-12(15)8-9-14(11,4-2)10-13(16)17/h11H,3-10H2,1-2H3,(H,16,17). The van der Waals surface area contributed by atoms with Gasteiger partial charge in [0.1, 0.15) is 5.78 Å². The van der Waals surface area contributed by atoms with Crippen molar-refractivity contribution in [1.29, 1.82) is 0 Å². The topological polar surface area (TPSA) is 54.4 Å². The Morgan fingerprint density at radius 2 is 2.12 bits per heavy atom. The van der Waals surface area contributed by atoms with Crippen molar-refractivity contribution in [3.05, 3.63) is 0 Å². The monoisotopic (exact) mass is 240 g/mol. The molecule has 1 N–H and O–H groups in total. The van der Waals surface area contributed by atoms with Crippen LogP contribution in [-0.4, -0.2) is 16.9 Å². The molecule has 0 bridgehead atoms. The molecule has 3 heteroatoms. The number of hydrogen-bond acceptors (Lipinski definition) is 2. The van der Waals surface area contributed by atoms with Crippen molar-refractivity contribution >= 4 is 11.8 Å². The molecule has 1 aliphatic carbocycles. The average Bonchev–Trinajstić information content (AvgIpc) is 2.58. The van der Waals surface area contributed by atoms with Crippen LogP contribution in [-0.2, 0) is 9.59 Å². The van der Waals surface area contributed by atoms with Gasteiger partial charge in [-0.15, -0.1) is 0 Å². The predicted molar refractivity (Wildman–Crippen MR) is 66.8 cm³/mol. The lowest BCUT2D eigenvalue weighted by Crippen LogP contribution is -2.30. The summed E-state index contributed by atoms with van der Waals surface area (Å²) in [7, 11) is 0. The van der Waals surface area contributed by atoms with Crippen molar-refractivity contribution in [1.82, 2.24) is 0 Å². The fraction of sp³-hybridized carbons (Fsp3) is 0.857. The van der Waals surface area contributed by atoms with Gasteiger partial charge in [0.2, 0.25) is 0 Å². The van der Waals surface area contributed by atoms with Crippen LogP contribution in [0.2, 0.25) is 0 Å². The Hall–Kier alpha value is -0.860. The number of carbonyl (C=O) groups is 2. The van der Waals surface area contributed by atoms with Crippen molar-refractivity contribution in [2.75, 3.05) is 0 Å². The normalized spacial score (nSPS) is 28.6. The molecule has 0 aliphatic heterocycles. The number of ketones is 1. The van der Waals surface area contributed by atoms with Gasteiger partial charge in [-0.25, -0.2) is 0 Å². The second-order valence-corrected chi connectivity index (χ2v) is 5.30. The second-order valence-electron chi connectivity index (χ2n) is 5.30. The maximum absolute atomic E-state index is 11.9. The quantitative estimate of drug-likeness (QED) is 0.694. The van der Waals surface area contributed by atoms with Crippen LogP contribution in [0.15, 0.2) is 0 Å². The molecule has 0 radical (unpaired) electrons. The van der Waals surface area contributed by atoms with Gasteiger partial charge in [-0.1, -0.05) is 33.1 Å². The Morgan fingerprint density at radius 3 is 2.65 bits per heavy atom. The molecule has 0 aromatic carbocycles. The maximum atomic E-state index is 11.9. The molecule has 1 saturated carbocycles. The first-order valence-corrected chi connectivity index (χ1v) is 6.80. The van der Waals surface area contributed by atoms with Crippen molar-refractivity contribution in [3.8, 4) is 0 Å². The number of unbranched alkanes of at least 4 members (excludes halogenated alkanes) is 2. The van der Waals surface area contributed by atoms with Gasteiger partial charge in [0.05, 0.1) is 6.42 Å². The average molecular weight is 240 g/mol. The third-order valence-corrected chi connectivity index (χ3v) is 4.30. The summed E-state index contributed by atoms with van der Waals surface area (Å²) < 4.78 is 0. The lowest BCUT2D eigenvalue weighted by molar-refractivity contribution is -0.141. The van der Waals surface area contributed by atoms with Gasteiger partial charge < -0.3 is 5.11 Å². The highest BCUT2D eigenvalue weighted by Crippen LogP contribution is 2.48. The smallest absolute Gasteiger partial charge is 0.303 e. The molecule has 1 rings (SSSR count). The van der Waals surface area contributed by atoms with Gasteiger partial charge in [-0.05, 0) is 24.7 Å². The van der Waals surface area contributed by atoms with E-state index in [1.807, 2.05) is 6.92 Å². The molecule has 0 aromatic heterocycles. The van der Waals surface area contributed by atoms with Crippen LogP contribution in [0, 0.1) is 11.3 Å². The van der Waals surface area contributed by atoms with Crippen LogP contribution >= 0.6 is 0 Å². The number of carboxylic acids is 1. The van der Waals surface area contributed by atoms with E-state index in [4.69, 9.17) is 5.11 Å². The van der Waals surface area contributed by atoms with Crippen LogP contribution in [0.25, 0.3) is 0 Å². The molecule has 3 nitrogen and oxygen atoms in total. The van der Waals surface area contributed by atoms with Crippen LogP contribution in [0.4, 0.5) is 0 Å². The molecule has 1 fully saturated rings. The van der Waals surface area contributed by atoms with Crippen LogP contribution in [0.1, 0.15) is 65.2 Å². The van der Waals surface area contributed by atoms with Crippen molar-refractivity contribution in [2.45, 2.75) is 65.2 Å². The highest BCUT2D eigenvalue weighted by Gasteiger charge is 2.47. The minimum Gasteiger partial charge on any atom is -0.481 e. The Morgan fingerprint density at radius 1 is 1.41 bits per heavy atom. The van der Waals surface area contributed by atoms with Crippen LogP contribution < -0.4 is 0 Å². The molecule has 1 aliphatic rings. The number of aliphatic carboxylic acids is 1. The summed E-state index contributed by atoms with van der Waals surface area (Å²) >= 11 is 0. The zero-order valence-electron chi connectivity index (χ0n) is 11.0. The third kappa shape index (κ3) is 3.30. The Labute approximate surface area is 104 Å². The molecule has 0 spiro atoms. The largest absolute Gasteiger partial charge is 0.481 e. The maximum Gasteiger partial charge on any atom is 0.303 e. The fourth-order valence-electron chi connectivity index (χ4n) is 3.19. The van der Waals surface area contributed by atoms with E-state index >= 15 is 0 Å². The van der Waals surface area contributed by atoms with Gasteiger partial charge in [0, 0.05) is 12.3 Å². The first kappa shape index (κ1) is 14.2. The molecule has 17 heavy (non-hydrogen) atoms. The lowest BCUT2D eigenvalue weighted by Gasteiger charge is -2.32. The molecule has 0 amide bonds. The molecular weight excluding hydrogens is 216 g/mol. The van der Waals surface area contributed by atoms with E-state index < -0.39 is 5.97 Å². The van der Waals surface area contributed by atoms with Crippen LogP contribution in [0.5, 0.6) is 0 Å². The van der Waals surface area contributed by atoms with Gasteiger partial charge >= 0.3 is 5.97 Å². The van der Waals surface area contributed by atoms with E-state index in [-0.39, 0.29) is 17.8 Å². The van der Waals surface area contributed by atoms with Crippen LogP contribution in [0.3, 0.4) is 0 Å².